The number of thiophene rings is 1. The van der Waals surface area contributed by atoms with Crippen molar-refractivity contribution in [1.82, 2.24) is 0 Å². The molecule has 0 saturated carbocycles. The van der Waals surface area contributed by atoms with Gasteiger partial charge in [0.15, 0.2) is 0 Å². The van der Waals surface area contributed by atoms with Crippen molar-refractivity contribution in [2.45, 2.75) is 0 Å². The van der Waals surface area contributed by atoms with Gasteiger partial charge in [-0.05, 0) is 11.4 Å². The van der Waals surface area contributed by atoms with Crippen molar-refractivity contribution in [3.05, 3.63) is 22.4 Å². The molecule has 54 valence electrons. The molecule has 0 radical (unpaired) electrons. The molecular weight excluding hydrogens is 146 g/mol. The molecule has 1 aromatic heterocycles. The summed E-state index contributed by atoms with van der Waals surface area (Å²) in [4.78, 5) is 5.10. The molecule has 0 aliphatic carbocycles. The second kappa shape index (κ2) is 4.19. The zero-order chi connectivity index (χ0) is 7.23. The van der Waals surface area contributed by atoms with Crippen LogP contribution in [-0.4, -0.2) is 24.5 Å². The lowest BCUT2D eigenvalue weighted by atomic mass is 10.5. The van der Waals surface area contributed by atoms with Gasteiger partial charge in [0, 0.05) is 11.1 Å². The van der Waals surface area contributed by atoms with E-state index < -0.39 is 0 Å². The first kappa shape index (κ1) is 7.44. The van der Waals surface area contributed by atoms with E-state index in [1.165, 1.54) is 0 Å². The van der Waals surface area contributed by atoms with E-state index in [2.05, 4.69) is 4.99 Å². The minimum Gasteiger partial charge on any atom is -0.394 e. The van der Waals surface area contributed by atoms with E-state index in [0.29, 0.717) is 6.54 Å². The fourth-order valence-corrected chi connectivity index (χ4v) is 1.18. The van der Waals surface area contributed by atoms with Crippen molar-refractivity contribution < 1.29 is 5.11 Å². The summed E-state index contributed by atoms with van der Waals surface area (Å²) >= 11 is 1.64. The summed E-state index contributed by atoms with van der Waals surface area (Å²) in [6.07, 6.45) is 1.78. The predicted molar refractivity (Wildman–Crippen MR) is 43.9 cm³/mol. The van der Waals surface area contributed by atoms with Crippen LogP contribution in [0, 0.1) is 0 Å². The molecule has 0 bridgehead atoms. The molecule has 0 atom stereocenters. The van der Waals surface area contributed by atoms with Crippen molar-refractivity contribution in [1.29, 1.82) is 0 Å². The zero-order valence-electron chi connectivity index (χ0n) is 5.53. The maximum atomic E-state index is 8.38. The molecule has 0 aromatic carbocycles. The summed E-state index contributed by atoms with van der Waals surface area (Å²) in [6, 6.07) is 3.97. The molecule has 0 unspecified atom stereocenters. The average Bonchev–Trinajstić information content (AvgIpc) is 2.41. The highest BCUT2D eigenvalue weighted by Crippen LogP contribution is 2.04. The molecule has 3 heteroatoms. The summed E-state index contributed by atoms with van der Waals surface area (Å²) < 4.78 is 0. The van der Waals surface area contributed by atoms with Gasteiger partial charge in [-0.2, -0.15) is 0 Å². The van der Waals surface area contributed by atoms with Crippen LogP contribution in [0.3, 0.4) is 0 Å². The molecule has 1 rings (SSSR count). The highest BCUT2D eigenvalue weighted by atomic mass is 32.1. The standard InChI is InChI=1S/C7H9NOS/c9-4-3-8-6-7-2-1-5-10-7/h1-2,5-6,9H,3-4H2. The van der Waals surface area contributed by atoms with Crippen LogP contribution in [-0.2, 0) is 0 Å². The van der Waals surface area contributed by atoms with E-state index >= 15 is 0 Å². The molecule has 10 heavy (non-hydrogen) atoms. The van der Waals surface area contributed by atoms with E-state index in [-0.39, 0.29) is 6.61 Å². The Morgan fingerprint density at radius 3 is 3.20 bits per heavy atom. The van der Waals surface area contributed by atoms with Gasteiger partial charge in [-0.15, -0.1) is 11.3 Å². The van der Waals surface area contributed by atoms with Crippen LogP contribution in [0.15, 0.2) is 22.5 Å². The summed E-state index contributed by atoms with van der Waals surface area (Å²) in [5.74, 6) is 0. The average molecular weight is 155 g/mol. The molecule has 0 amide bonds. The van der Waals surface area contributed by atoms with Gasteiger partial charge < -0.3 is 5.11 Å². The second-order valence-corrected chi connectivity index (χ2v) is 2.75. The van der Waals surface area contributed by atoms with Gasteiger partial charge >= 0.3 is 0 Å². The Morgan fingerprint density at radius 2 is 2.60 bits per heavy atom. The zero-order valence-corrected chi connectivity index (χ0v) is 6.34. The molecule has 0 spiro atoms. The van der Waals surface area contributed by atoms with E-state index in [1.807, 2.05) is 17.5 Å². The maximum absolute atomic E-state index is 8.38. The number of aliphatic imine (C=N–C) groups is 1. The number of rotatable bonds is 3. The van der Waals surface area contributed by atoms with Gasteiger partial charge in [0.1, 0.15) is 0 Å². The number of aliphatic hydroxyl groups excluding tert-OH is 1. The Kier molecular flexibility index (Phi) is 3.12. The first-order chi connectivity index (χ1) is 4.93. The third kappa shape index (κ3) is 2.29. The number of hydrogen-bond acceptors (Lipinski definition) is 3. The van der Waals surface area contributed by atoms with Crippen molar-refractivity contribution in [2.24, 2.45) is 4.99 Å². The first-order valence-corrected chi connectivity index (χ1v) is 3.95. The van der Waals surface area contributed by atoms with Crippen molar-refractivity contribution in [2.75, 3.05) is 13.2 Å². The Balaban J connectivity index is 2.40. The lowest BCUT2D eigenvalue weighted by molar-refractivity contribution is 0.307. The number of aliphatic hydroxyl groups is 1. The Morgan fingerprint density at radius 1 is 1.70 bits per heavy atom. The van der Waals surface area contributed by atoms with E-state index in [1.54, 1.807) is 17.6 Å². The highest BCUT2D eigenvalue weighted by molar-refractivity contribution is 7.11. The predicted octanol–water partition coefficient (Wildman–Crippen LogP) is 1.16. The van der Waals surface area contributed by atoms with Crippen molar-refractivity contribution in [3.63, 3.8) is 0 Å². The minimum absolute atomic E-state index is 0.127. The molecule has 0 fully saturated rings. The van der Waals surface area contributed by atoms with Crippen LogP contribution in [0.2, 0.25) is 0 Å². The monoisotopic (exact) mass is 155 g/mol. The normalized spacial score (nSPS) is 10.9. The number of hydrogen-bond donors (Lipinski definition) is 1. The topological polar surface area (TPSA) is 32.6 Å². The third-order valence-corrected chi connectivity index (χ3v) is 1.80. The van der Waals surface area contributed by atoms with Gasteiger partial charge in [-0.1, -0.05) is 6.07 Å². The van der Waals surface area contributed by atoms with Gasteiger partial charge in [0.25, 0.3) is 0 Å². The second-order valence-electron chi connectivity index (χ2n) is 1.77. The summed E-state index contributed by atoms with van der Waals surface area (Å²) in [5, 5.41) is 10.4. The largest absolute Gasteiger partial charge is 0.394 e. The molecule has 0 aliphatic heterocycles. The van der Waals surface area contributed by atoms with Gasteiger partial charge in [-0.25, -0.2) is 0 Å². The number of nitrogens with zero attached hydrogens (tertiary/aromatic N) is 1. The molecule has 1 aromatic rings. The van der Waals surface area contributed by atoms with Crippen LogP contribution in [0.4, 0.5) is 0 Å². The molecule has 0 saturated heterocycles. The smallest absolute Gasteiger partial charge is 0.0626 e. The van der Waals surface area contributed by atoms with E-state index in [9.17, 15) is 0 Å². The molecule has 0 aliphatic rings. The van der Waals surface area contributed by atoms with Gasteiger partial charge in [-0.3, -0.25) is 4.99 Å². The first-order valence-electron chi connectivity index (χ1n) is 3.07. The third-order valence-electron chi connectivity index (χ3n) is 0.991. The fraction of sp³-hybridized carbons (Fsp3) is 0.286. The molecule has 1 heterocycles. The summed E-state index contributed by atoms with van der Waals surface area (Å²) in [5.41, 5.74) is 0. The fourth-order valence-electron chi connectivity index (χ4n) is 0.577. The van der Waals surface area contributed by atoms with E-state index in [0.717, 1.165) is 4.88 Å². The van der Waals surface area contributed by atoms with Crippen LogP contribution >= 0.6 is 11.3 Å². The summed E-state index contributed by atoms with van der Waals surface area (Å²) in [6.45, 7) is 0.625. The highest BCUT2D eigenvalue weighted by Gasteiger charge is 1.83. The van der Waals surface area contributed by atoms with Crippen LogP contribution in [0.1, 0.15) is 4.88 Å². The van der Waals surface area contributed by atoms with E-state index in [4.69, 9.17) is 5.11 Å². The lowest BCUT2D eigenvalue weighted by Crippen LogP contribution is -1.86. The minimum atomic E-state index is 0.127. The SMILES string of the molecule is OCCN=Cc1cccs1. The lowest BCUT2D eigenvalue weighted by Gasteiger charge is -1.83. The molecule has 1 N–H and O–H groups in total. The molecule has 2 nitrogen and oxygen atoms in total. The van der Waals surface area contributed by atoms with Crippen molar-refractivity contribution in [3.8, 4) is 0 Å². The van der Waals surface area contributed by atoms with Gasteiger partial charge in [0.05, 0.1) is 13.2 Å². The summed E-state index contributed by atoms with van der Waals surface area (Å²) in [7, 11) is 0. The van der Waals surface area contributed by atoms with Crippen LogP contribution < -0.4 is 0 Å². The maximum Gasteiger partial charge on any atom is 0.0626 e. The van der Waals surface area contributed by atoms with Crippen LogP contribution in [0.5, 0.6) is 0 Å². The van der Waals surface area contributed by atoms with Crippen LogP contribution in [0.25, 0.3) is 0 Å². The Bertz CT molecular complexity index is 193. The van der Waals surface area contributed by atoms with Gasteiger partial charge in [0.2, 0.25) is 0 Å². The Hall–Kier alpha value is -0.670. The van der Waals surface area contributed by atoms with Crippen molar-refractivity contribution >= 4 is 17.6 Å². The Labute approximate surface area is 63.9 Å². The molecular formula is C7H9NOS. The quantitative estimate of drug-likeness (QED) is 0.653.